The number of rotatable bonds is 3. The number of hydrogen-bond donors (Lipinski definition) is 1. The molecule has 2 saturated carbocycles. The second-order valence-corrected chi connectivity index (χ2v) is 6.20. The van der Waals surface area contributed by atoms with Gasteiger partial charge in [0.25, 0.3) is 5.56 Å². The molecule has 104 valence electrons. The van der Waals surface area contributed by atoms with E-state index in [1.165, 1.54) is 25.7 Å². The second-order valence-electron chi connectivity index (χ2n) is 6.20. The molecule has 0 radical (unpaired) electrons. The molecule has 3 rings (SSSR count). The molecule has 2 aliphatic rings. The van der Waals surface area contributed by atoms with Crippen LogP contribution >= 0.6 is 0 Å². The predicted molar refractivity (Wildman–Crippen MR) is 76.7 cm³/mol. The maximum absolute atomic E-state index is 11.8. The van der Waals surface area contributed by atoms with Crippen molar-refractivity contribution in [1.29, 1.82) is 0 Å². The third kappa shape index (κ3) is 2.67. The summed E-state index contributed by atoms with van der Waals surface area (Å²) in [6.45, 7) is 2.31. The Morgan fingerprint density at radius 3 is 2.68 bits per heavy atom. The van der Waals surface area contributed by atoms with Crippen LogP contribution in [-0.4, -0.2) is 23.1 Å². The van der Waals surface area contributed by atoms with Crippen LogP contribution in [0.2, 0.25) is 0 Å². The summed E-state index contributed by atoms with van der Waals surface area (Å²) >= 11 is 0. The fourth-order valence-electron chi connectivity index (χ4n) is 3.24. The van der Waals surface area contributed by atoms with Gasteiger partial charge < -0.3 is 9.88 Å². The first-order valence-electron chi connectivity index (χ1n) is 7.49. The Labute approximate surface area is 114 Å². The van der Waals surface area contributed by atoms with E-state index in [0.717, 1.165) is 24.5 Å². The van der Waals surface area contributed by atoms with Crippen LogP contribution < -0.4 is 10.5 Å². The standard InChI is InChI=1S/C15H23N3O/c1-10-5-3-4-6-12(10)18(2)13-9-14(19)17-15(16-13)11-7-8-11/h9-12H,3-8H2,1-2H3,(H,16,17,19). The third-order valence-electron chi connectivity index (χ3n) is 4.64. The van der Waals surface area contributed by atoms with Crippen LogP contribution in [0.15, 0.2) is 10.9 Å². The number of nitrogens with one attached hydrogen (secondary N) is 1. The Morgan fingerprint density at radius 2 is 2.00 bits per heavy atom. The smallest absolute Gasteiger partial charge is 0.252 e. The third-order valence-corrected chi connectivity index (χ3v) is 4.64. The molecule has 0 amide bonds. The molecule has 2 atom stereocenters. The van der Waals surface area contributed by atoms with Gasteiger partial charge in [0, 0.05) is 25.1 Å². The van der Waals surface area contributed by atoms with Crippen molar-refractivity contribution in [3.63, 3.8) is 0 Å². The Kier molecular flexibility index (Phi) is 3.33. The molecule has 1 aromatic rings. The van der Waals surface area contributed by atoms with Gasteiger partial charge in [-0.1, -0.05) is 19.8 Å². The molecule has 1 heterocycles. The Balaban J connectivity index is 1.85. The van der Waals surface area contributed by atoms with Crippen molar-refractivity contribution >= 4 is 5.82 Å². The topological polar surface area (TPSA) is 49.0 Å². The highest BCUT2D eigenvalue weighted by molar-refractivity contribution is 5.38. The molecule has 2 unspecified atom stereocenters. The monoisotopic (exact) mass is 261 g/mol. The van der Waals surface area contributed by atoms with Crippen LogP contribution in [0.25, 0.3) is 0 Å². The van der Waals surface area contributed by atoms with Gasteiger partial charge in [-0.25, -0.2) is 4.98 Å². The van der Waals surface area contributed by atoms with Crippen molar-refractivity contribution in [2.24, 2.45) is 5.92 Å². The number of anilines is 1. The lowest BCUT2D eigenvalue weighted by Gasteiger charge is -2.37. The summed E-state index contributed by atoms with van der Waals surface area (Å²) in [6, 6.07) is 2.17. The van der Waals surface area contributed by atoms with Crippen LogP contribution in [0.1, 0.15) is 57.2 Å². The van der Waals surface area contributed by atoms with E-state index in [0.29, 0.717) is 17.9 Å². The van der Waals surface area contributed by atoms with Crippen molar-refractivity contribution in [2.45, 2.75) is 57.4 Å². The van der Waals surface area contributed by atoms with Crippen molar-refractivity contribution in [2.75, 3.05) is 11.9 Å². The lowest BCUT2D eigenvalue weighted by Crippen LogP contribution is -2.40. The molecule has 0 aromatic carbocycles. The fourth-order valence-corrected chi connectivity index (χ4v) is 3.24. The van der Waals surface area contributed by atoms with E-state index in [1.807, 2.05) is 0 Å². The number of nitrogens with zero attached hydrogens (tertiary/aromatic N) is 2. The Bertz CT molecular complexity index is 506. The van der Waals surface area contributed by atoms with Gasteiger partial charge in [-0.2, -0.15) is 0 Å². The zero-order valence-corrected chi connectivity index (χ0v) is 11.9. The van der Waals surface area contributed by atoms with Gasteiger partial charge in [0.15, 0.2) is 0 Å². The minimum Gasteiger partial charge on any atom is -0.356 e. The van der Waals surface area contributed by atoms with Crippen LogP contribution in [0.5, 0.6) is 0 Å². The van der Waals surface area contributed by atoms with E-state index in [2.05, 4.69) is 28.8 Å². The molecule has 19 heavy (non-hydrogen) atoms. The quantitative estimate of drug-likeness (QED) is 0.910. The number of hydrogen-bond acceptors (Lipinski definition) is 3. The van der Waals surface area contributed by atoms with E-state index >= 15 is 0 Å². The van der Waals surface area contributed by atoms with Crippen LogP contribution in [-0.2, 0) is 0 Å². The molecule has 2 fully saturated rings. The van der Waals surface area contributed by atoms with Gasteiger partial charge in [0.1, 0.15) is 11.6 Å². The summed E-state index contributed by atoms with van der Waals surface area (Å²) in [4.78, 5) is 21.6. The SMILES string of the molecule is CC1CCCCC1N(C)c1cc(=O)[nH]c(C2CC2)n1. The summed E-state index contributed by atoms with van der Waals surface area (Å²) in [5.41, 5.74) is -0.0118. The predicted octanol–water partition coefficient (Wildman–Crippen LogP) is 2.66. The fraction of sp³-hybridized carbons (Fsp3) is 0.733. The molecular weight excluding hydrogens is 238 g/mol. The largest absolute Gasteiger partial charge is 0.356 e. The van der Waals surface area contributed by atoms with Crippen LogP contribution in [0.4, 0.5) is 5.82 Å². The van der Waals surface area contributed by atoms with Gasteiger partial charge in [-0.3, -0.25) is 4.79 Å². The van der Waals surface area contributed by atoms with E-state index in [4.69, 9.17) is 0 Å². The van der Waals surface area contributed by atoms with Crippen molar-refractivity contribution in [1.82, 2.24) is 9.97 Å². The van der Waals surface area contributed by atoms with Gasteiger partial charge >= 0.3 is 0 Å². The summed E-state index contributed by atoms with van der Waals surface area (Å²) in [5, 5.41) is 0. The molecular formula is C15H23N3O. The Morgan fingerprint density at radius 1 is 1.26 bits per heavy atom. The molecule has 0 saturated heterocycles. The number of aromatic nitrogens is 2. The maximum atomic E-state index is 11.8. The van der Waals surface area contributed by atoms with E-state index < -0.39 is 0 Å². The lowest BCUT2D eigenvalue weighted by molar-refractivity contribution is 0.320. The van der Waals surface area contributed by atoms with Crippen molar-refractivity contribution < 1.29 is 0 Å². The summed E-state index contributed by atoms with van der Waals surface area (Å²) in [5.74, 6) is 2.91. The highest BCUT2D eigenvalue weighted by Gasteiger charge is 2.29. The normalized spacial score (nSPS) is 27.3. The van der Waals surface area contributed by atoms with Gasteiger partial charge in [-0.15, -0.1) is 0 Å². The van der Waals surface area contributed by atoms with E-state index in [9.17, 15) is 4.79 Å². The highest BCUT2D eigenvalue weighted by Crippen LogP contribution is 2.38. The van der Waals surface area contributed by atoms with Crippen molar-refractivity contribution in [3.05, 3.63) is 22.2 Å². The Hall–Kier alpha value is -1.32. The number of aromatic amines is 1. The molecule has 4 nitrogen and oxygen atoms in total. The number of H-pyrrole nitrogens is 1. The summed E-state index contributed by atoms with van der Waals surface area (Å²) < 4.78 is 0. The molecule has 0 spiro atoms. The first-order chi connectivity index (χ1) is 9.15. The first-order valence-corrected chi connectivity index (χ1v) is 7.49. The minimum absolute atomic E-state index is 0.0118. The lowest BCUT2D eigenvalue weighted by atomic mass is 9.85. The van der Waals surface area contributed by atoms with Gasteiger partial charge in [0.05, 0.1) is 0 Å². The molecule has 4 heteroatoms. The van der Waals surface area contributed by atoms with Crippen LogP contribution in [0, 0.1) is 5.92 Å². The molecule has 0 bridgehead atoms. The average Bonchev–Trinajstić information content (AvgIpc) is 3.22. The average molecular weight is 261 g/mol. The maximum Gasteiger partial charge on any atom is 0.252 e. The zero-order valence-electron chi connectivity index (χ0n) is 11.9. The van der Waals surface area contributed by atoms with Crippen molar-refractivity contribution in [3.8, 4) is 0 Å². The summed E-state index contributed by atoms with van der Waals surface area (Å²) in [6.07, 6.45) is 7.45. The molecule has 1 aromatic heterocycles. The second kappa shape index (κ2) is 4.99. The van der Waals surface area contributed by atoms with E-state index in [-0.39, 0.29) is 5.56 Å². The van der Waals surface area contributed by atoms with Crippen LogP contribution in [0.3, 0.4) is 0 Å². The molecule has 2 aliphatic carbocycles. The minimum atomic E-state index is -0.0118. The van der Waals surface area contributed by atoms with Gasteiger partial charge in [0.2, 0.25) is 0 Å². The van der Waals surface area contributed by atoms with Gasteiger partial charge in [-0.05, 0) is 31.6 Å². The van der Waals surface area contributed by atoms with E-state index in [1.54, 1.807) is 6.07 Å². The molecule has 0 aliphatic heterocycles. The first kappa shape index (κ1) is 12.7. The zero-order chi connectivity index (χ0) is 13.4. The molecule has 1 N–H and O–H groups in total. The summed E-state index contributed by atoms with van der Waals surface area (Å²) in [7, 11) is 2.09. The highest BCUT2D eigenvalue weighted by atomic mass is 16.1.